The molecule has 1 aromatic carbocycles. The molecule has 2 N–H and O–H groups in total. The molecular weight excluding hydrogens is 224 g/mol. The average molecular weight is 248 g/mol. The third kappa shape index (κ3) is 3.24. The molecule has 1 heterocycles. The van der Waals surface area contributed by atoms with E-state index in [2.05, 4.69) is 37.1 Å². The lowest BCUT2D eigenvalue weighted by Gasteiger charge is -2.23. The molecule has 100 valence electrons. The molecule has 2 rings (SSSR count). The van der Waals surface area contributed by atoms with Crippen molar-refractivity contribution in [3.05, 3.63) is 29.8 Å². The summed E-state index contributed by atoms with van der Waals surface area (Å²) in [4.78, 5) is 2.51. The zero-order valence-corrected chi connectivity index (χ0v) is 11.6. The van der Waals surface area contributed by atoms with E-state index in [0.717, 1.165) is 12.1 Å². The zero-order valence-electron chi connectivity index (χ0n) is 11.6. The Labute approximate surface area is 110 Å². The van der Waals surface area contributed by atoms with Crippen LogP contribution in [-0.4, -0.2) is 35.2 Å². The predicted molar refractivity (Wildman–Crippen MR) is 74.8 cm³/mol. The molecule has 2 atom stereocenters. The first-order chi connectivity index (χ1) is 8.56. The minimum Gasteiger partial charge on any atom is -0.508 e. The van der Waals surface area contributed by atoms with E-state index in [1.807, 2.05) is 12.1 Å². The molecule has 0 spiro atoms. The van der Waals surface area contributed by atoms with Gasteiger partial charge in [-0.3, -0.25) is 4.90 Å². The van der Waals surface area contributed by atoms with Gasteiger partial charge in [0.25, 0.3) is 0 Å². The first-order valence-electron chi connectivity index (χ1n) is 6.85. The summed E-state index contributed by atoms with van der Waals surface area (Å²) in [6, 6.07) is 9.00. The summed E-state index contributed by atoms with van der Waals surface area (Å²) in [5.74, 6) is 0.344. The molecule has 18 heavy (non-hydrogen) atoms. The summed E-state index contributed by atoms with van der Waals surface area (Å²) in [6.45, 7) is 8.97. The standard InChI is InChI=1S/C15H24N2O/c1-11(2)17-8-7-14(10-17)16-12(3)13-5-4-6-15(18)9-13/h4-6,9,11-12,14,16,18H,7-8,10H2,1-3H3. The third-order valence-corrected chi connectivity index (χ3v) is 3.81. The zero-order chi connectivity index (χ0) is 13.1. The lowest BCUT2D eigenvalue weighted by molar-refractivity contribution is 0.266. The van der Waals surface area contributed by atoms with Gasteiger partial charge in [-0.15, -0.1) is 0 Å². The fourth-order valence-corrected chi connectivity index (χ4v) is 2.64. The molecule has 0 saturated carbocycles. The molecule has 1 aliphatic rings. The second-order valence-corrected chi connectivity index (χ2v) is 5.56. The number of hydrogen-bond acceptors (Lipinski definition) is 3. The maximum atomic E-state index is 9.50. The molecule has 1 saturated heterocycles. The molecule has 1 fully saturated rings. The van der Waals surface area contributed by atoms with Crippen molar-refractivity contribution in [3.63, 3.8) is 0 Å². The third-order valence-electron chi connectivity index (χ3n) is 3.81. The Kier molecular flexibility index (Phi) is 4.25. The fourth-order valence-electron chi connectivity index (χ4n) is 2.64. The molecule has 1 aromatic rings. The average Bonchev–Trinajstić information content (AvgIpc) is 2.77. The SMILES string of the molecule is CC(NC1CCN(C(C)C)C1)c1cccc(O)c1. The summed E-state index contributed by atoms with van der Waals surface area (Å²) >= 11 is 0. The molecule has 0 aliphatic carbocycles. The Morgan fingerprint density at radius 2 is 2.11 bits per heavy atom. The second-order valence-electron chi connectivity index (χ2n) is 5.56. The van der Waals surface area contributed by atoms with E-state index in [9.17, 15) is 5.11 Å². The number of phenols is 1. The van der Waals surface area contributed by atoms with E-state index in [1.165, 1.54) is 13.0 Å². The molecule has 2 unspecified atom stereocenters. The van der Waals surface area contributed by atoms with Crippen LogP contribution in [-0.2, 0) is 0 Å². The Morgan fingerprint density at radius 1 is 1.33 bits per heavy atom. The molecule has 1 aliphatic heterocycles. The topological polar surface area (TPSA) is 35.5 Å². The van der Waals surface area contributed by atoms with Gasteiger partial charge in [0.1, 0.15) is 5.75 Å². The van der Waals surface area contributed by atoms with Crippen LogP contribution in [0.15, 0.2) is 24.3 Å². The highest BCUT2D eigenvalue weighted by atomic mass is 16.3. The smallest absolute Gasteiger partial charge is 0.115 e. The maximum Gasteiger partial charge on any atom is 0.115 e. The lowest BCUT2D eigenvalue weighted by Crippen LogP contribution is -2.36. The van der Waals surface area contributed by atoms with Crippen molar-refractivity contribution < 1.29 is 5.11 Å². The minimum atomic E-state index is 0.286. The summed E-state index contributed by atoms with van der Waals surface area (Å²) in [6.07, 6.45) is 1.21. The van der Waals surface area contributed by atoms with Gasteiger partial charge in [0.05, 0.1) is 0 Å². The summed E-state index contributed by atoms with van der Waals surface area (Å²) in [7, 11) is 0. The van der Waals surface area contributed by atoms with Gasteiger partial charge in [-0.25, -0.2) is 0 Å². The van der Waals surface area contributed by atoms with Gasteiger partial charge in [-0.1, -0.05) is 12.1 Å². The number of likely N-dealkylation sites (tertiary alicyclic amines) is 1. The van der Waals surface area contributed by atoms with Gasteiger partial charge in [0.2, 0.25) is 0 Å². The van der Waals surface area contributed by atoms with E-state index >= 15 is 0 Å². The number of benzene rings is 1. The highest BCUT2D eigenvalue weighted by Crippen LogP contribution is 2.20. The first kappa shape index (κ1) is 13.4. The van der Waals surface area contributed by atoms with E-state index in [1.54, 1.807) is 6.07 Å². The Morgan fingerprint density at radius 3 is 2.72 bits per heavy atom. The fraction of sp³-hybridized carbons (Fsp3) is 0.600. The first-order valence-corrected chi connectivity index (χ1v) is 6.85. The Bertz CT molecular complexity index is 392. The van der Waals surface area contributed by atoms with E-state index in [-0.39, 0.29) is 6.04 Å². The molecule has 0 radical (unpaired) electrons. The van der Waals surface area contributed by atoms with Crippen LogP contribution in [0.25, 0.3) is 0 Å². The highest BCUT2D eigenvalue weighted by Gasteiger charge is 2.25. The number of nitrogens with zero attached hydrogens (tertiary/aromatic N) is 1. The maximum absolute atomic E-state index is 9.50. The van der Waals surface area contributed by atoms with E-state index in [4.69, 9.17) is 0 Å². The predicted octanol–water partition coefficient (Wildman–Crippen LogP) is 2.53. The number of phenolic OH excluding ortho intramolecular Hbond substituents is 1. The van der Waals surface area contributed by atoms with Crippen LogP contribution in [0.1, 0.15) is 38.8 Å². The second kappa shape index (κ2) is 5.72. The molecule has 0 bridgehead atoms. The van der Waals surface area contributed by atoms with Crippen LogP contribution in [0, 0.1) is 0 Å². The Hall–Kier alpha value is -1.06. The van der Waals surface area contributed by atoms with Crippen molar-refractivity contribution in [1.29, 1.82) is 0 Å². The van der Waals surface area contributed by atoms with Crippen molar-refractivity contribution in [2.24, 2.45) is 0 Å². The van der Waals surface area contributed by atoms with Crippen molar-refractivity contribution in [1.82, 2.24) is 10.2 Å². The summed E-state index contributed by atoms with van der Waals surface area (Å²) in [5.41, 5.74) is 1.15. The van der Waals surface area contributed by atoms with Crippen molar-refractivity contribution in [2.75, 3.05) is 13.1 Å². The number of aromatic hydroxyl groups is 1. The van der Waals surface area contributed by atoms with Crippen LogP contribution in [0.2, 0.25) is 0 Å². The van der Waals surface area contributed by atoms with Crippen molar-refractivity contribution in [3.8, 4) is 5.75 Å². The monoisotopic (exact) mass is 248 g/mol. The normalized spacial score (nSPS) is 22.6. The van der Waals surface area contributed by atoms with Gasteiger partial charge in [-0.05, 0) is 51.4 Å². The van der Waals surface area contributed by atoms with Crippen LogP contribution in [0.4, 0.5) is 0 Å². The lowest BCUT2D eigenvalue weighted by atomic mass is 10.1. The van der Waals surface area contributed by atoms with E-state index in [0.29, 0.717) is 17.8 Å². The molecule has 0 aromatic heterocycles. The van der Waals surface area contributed by atoms with E-state index < -0.39 is 0 Å². The number of rotatable bonds is 4. The molecule has 3 heteroatoms. The van der Waals surface area contributed by atoms with Crippen molar-refractivity contribution >= 4 is 0 Å². The van der Waals surface area contributed by atoms with Crippen LogP contribution >= 0.6 is 0 Å². The summed E-state index contributed by atoms with van der Waals surface area (Å²) in [5, 5.41) is 13.2. The largest absolute Gasteiger partial charge is 0.508 e. The van der Waals surface area contributed by atoms with Crippen LogP contribution in [0.5, 0.6) is 5.75 Å². The van der Waals surface area contributed by atoms with Crippen LogP contribution in [0.3, 0.4) is 0 Å². The van der Waals surface area contributed by atoms with Gasteiger partial charge in [0.15, 0.2) is 0 Å². The van der Waals surface area contributed by atoms with Gasteiger partial charge < -0.3 is 10.4 Å². The summed E-state index contributed by atoms with van der Waals surface area (Å²) < 4.78 is 0. The molecule has 3 nitrogen and oxygen atoms in total. The van der Waals surface area contributed by atoms with Crippen molar-refractivity contribution in [2.45, 2.75) is 45.3 Å². The molecule has 0 amide bonds. The minimum absolute atomic E-state index is 0.286. The highest BCUT2D eigenvalue weighted by molar-refractivity contribution is 5.29. The number of nitrogens with one attached hydrogen (secondary N) is 1. The van der Waals surface area contributed by atoms with Gasteiger partial charge in [-0.2, -0.15) is 0 Å². The van der Waals surface area contributed by atoms with Crippen LogP contribution < -0.4 is 5.32 Å². The number of hydrogen-bond donors (Lipinski definition) is 2. The van der Waals surface area contributed by atoms with Gasteiger partial charge >= 0.3 is 0 Å². The Balaban J connectivity index is 1.90. The quantitative estimate of drug-likeness (QED) is 0.859. The molecular formula is C15H24N2O. The van der Waals surface area contributed by atoms with Gasteiger partial charge in [0, 0.05) is 24.7 Å².